The first kappa shape index (κ1) is 11.9. The molecule has 0 spiro atoms. The van der Waals surface area contributed by atoms with Gasteiger partial charge in [0.15, 0.2) is 12.0 Å². The number of halogens is 3. The first-order chi connectivity index (χ1) is 6.99. The molecule has 0 radical (unpaired) electrons. The molecule has 8 heteroatoms. The summed E-state index contributed by atoms with van der Waals surface area (Å²) >= 11 is 1.62. The van der Waals surface area contributed by atoms with Crippen molar-refractivity contribution in [3.8, 4) is 0 Å². The third kappa shape index (κ3) is 2.25. The van der Waals surface area contributed by atoms with Gasteiger partial charge in [-0.2, -0.15) is 0 Å². The van der Waals surface area contributed by atoms with Crippen LogP contribution in [0.25, 0.3) is 0 Å². The third-order valence-corrected chi connectivity index (χ3v) is 2.44. The van der Waals surface area contributed by atoms with Gasteiger partial charge >= 0.3 is 5.69 Å². The fraction of sp³-hybridized carbons (Fsp3) is 0.143. The molecule has 1 rings (SSSR count). The monoisotopic (exact) mass is 328 g/mol. The quantitative estimate of drug-likeness (QED) is 0.369. The minimum Gasteiger partial charge on any atom is -0.298 e. The van der Waals surface area contributed by atoms with E-state index in [0.29, 0.717) is 0 Å². The predicted molar refractivity (Wildman–Crippen MR) is 54.0 cm³/mol. The number of aromatic nitrogens is 1. The Kier molecular flexibility index (Phi) is 3.61. The van der Waals surface area contributed by atoms with Gasteiger partial charge in [-0.15, -0.1) is 0 Å². The Balaban J connectivity index is 3.56. The van der Waals surface area contributed by atoms with E-state index in [1.807, 2.05) is 0 Å². The molecule has 0 unspecified atom stereocenters. The lowest BCUT2D eigenvalue weighted by Gasteiger charge is -2.03. The number of carbonyl (C=O) groups excluding carboxylic acids is 1. The second kappa shape index (κ2) is 4.55. The third-order valence-electron chi connectivity index (χ3n) is 1.58. The van der Waals surface area contributed by atoms with Gasteiger partial charge in [-0.1, -0.05) is 0 Å². The van der Waals surface area contributed by atoms with Gasteiger partial charge in [-0.05, 0) is 22.6 Å². The topological polar surface area (TPSA) is 73.1 Å². The molecule has 80 valence electrons. The molecule has 0 aromatic carbocycles. The van der Waals surface area contributed by atoms with E-state index in [1.54, 1.807) is 22.6 Å². The molecular weight excluding hydrogens is 325 g/mol. The van der Waals surface area contributed by atoms with Crippen LogP contribution in [0, 0.1) is 13.7 Å². The van der Waals surface area contributed by atoms with Gasteiger partial charge in [0.2, 0.25) is 0 Å². The summed E-state index contributed by atoms with van der Waals surface area (Å²) in [6.45, 7) is 0. The van der Waals surface area contributed by atoms with Crippen molar-refractivity contribution in [1.29, 1.82) is 0 Å². The van der Waals surface area contributed by atoms with Crippen LogP contribution in [-0.2, 0) is 0 Å². The molecule has 1 aromatic rings. The van der Waals surface area contributed by atoms with Gasteiger partial charge in [-0.25, -0.2) is 13.8 Å². The molecule has 0 aliphatic carbocycles. The number of carbonyl (C=O) groups is 1. The van der Waals surface area contributed by atoms with E-state index < -0.39 is 22.7 Å². The van der Waals surface area contributed by atoms with Crippen LogP contribution in [0.2, 0.25) is 0 Å². The first-order valence-corrected chi connectivity index (χ1v) is 4.63. The van der Waals surface area contributed by atoms with Gasteiger partial charge in [0.25, 0.3) is 6.43 Å². The molecule has 0 bridgehead atoms. The molecule has 0 saturated carbocycles. The van der Waals surface area contributed by atoms with E-state index in [4.69, 9.17) is 0 Å². The van der Waals surface area contributed by atoms with Crippen LogP contribution in [0.5, 0.6) is 0 Å². The summed E-state index contributed by atoms with van der Waals surface area (Å²) in [5.74, 6) is 0. The molecule has 0 atom stereocenters. The number of nitro groups is 1. The normalized spacial score (nSPS) is 10.4. The zero-order valence-electron chi connectivity index (χ0n) is 6.99. The second-order valence-electron chi connectivity index (χ2n) is 2.43. The van der Waals surface area contributed by atoms with Gasteiger partial charge in [0.1, 0.15) is 5.56 Å². The number of rotatable bonds is 3. The zero-order chi connectivity index (χ0) is 11.6. The second-order valence-corrected chi connectivity index (χ2v) is 3.59. The lowest BCUT2D eigenvalue weighted by Crippen LogP contribution is -2.05. The highest BCUT2D eigenvalue weighted by atomic mass is 127. The van der Waals surface area contributed by atoms with Crippen LogP contribution in [0.4, 0.5) is 14.5 Å². The summed E-state index contributed by atoms with van der Waals surface area (Å²) in [7, 11) is 0. The zero-order valence-corrected chi connectivity index (χ0v) is 9.14. The van der Waals surface area contributed by atoms with Crippen molar-refractivity contribution in [3.63, 3.8) is 0 Å². The van der Waals surface area contributed by atoms with Crippen molar-refractivity contribution in [2.45, 2.75) is 6.43 Å². The Morgan fingerprint density at radius 1 is 1.60 bits per heavy atom. The predicted octanol–water partition coefficient (Wildman–Crippen LogP) is 2.34. The largest absolute Gasteiger partial charge is 0.308 e. The van der Waals surface area contributed by atoms with Gasteiger partial charge < -0.3 is 0 Å². The molecule has 0 amide bonds. The first-order valence-electron chi connectivity index (χ1n) is 3.55. The smallest absolute Gasteiger partial charge is 0.298 e. The van der Waals surface area contributed by atoms with Crippen LogP contribution in [-0.4, -0.2) is 16.2 Å². The maximum Gasteiger partial charge on any atom is 0.308 e. The molecule has 0 aliphatic rings. The highest BCUT2D eigenvalue weighted by Gasteiger charge is 2.28. The standard InChI is InChI=1S/C7H3F2IN2O3/c8-7(9)5-6(12(14)15)3(2-13)4(10)1-11-5/h1-2,7H. The number of aldehydes is 1. The molecule has 15 heavy (non-hydrogen) atoms. The molecule has 1 heterocycles. The Morgan fingerprint density at radius 2 is 2.20 bits per heavy atom. The van der Waals surface area contributed by atoms with Crippen molar-refractivity contribution in [1.82, 2.24) is 4.98 Å². The van der Waals surface area contributed by atoms with Crippen molar-refractivity contribution in [3.05, 3.63) is 31.1 Å². The minimum absolute atomic E-state index is 0.165. The Hall–Kier alpha value is -1.19. The Bertz CT molecular complexity index is 425. The van der Waals surface area contributed by atoms with Gasteiger partial charge in [0, 0.05) is 9.77 Å². The highest BCUT2D eigenvalue weighted by molar-refractivity contribution is 14.1. The number of hydrogen-bond acceptors (Lipinski definition) is 4. The molecule has 0 N–H and O–H groups in total. The molecule has 1 aromatic heterocycles. The van der Waals surface area contributed by atoms with Crippen LogP contribution in [0.15, 0.2) is 6.20 Å². The van der Waals surface area contributed by atoms with E-state index in [1.165, 1.54) is 0 Å². The fourth-order valence-corrected chi connectivity index (χ4v) is 1.49. The van der Waals surface area contributed by atoms with E-state index in [-0.39, 0.29) is 15.4 Å². The van der Waals surface area contributed by atoms with E-state index in [2.05, 4.69) is 4.98 Å². The van der Waals surface area contributed by atoms with E-state index in [0.717, 1.165) is 6.20 Å². The fourth-order valence-electron chi connectivity index (χ4n) is 0.972. The van der Waals surface area contributed by atoms with Crippen LogP contribution in [0.1, 0.15) is 22.5 Å². The van der Waals surface area contributed by atoms with E-state index >= 15 is 0 Å². The molecule has 0 aliphatic heterocycles. The minimum atomic E-state index is -3.08. The van der Waals surface area contributed by atoms with Gasteiger partial charge in [-0.3, -0.25) is 14.9 Å². The average Bonchev–Trinajstić information content (AvgIpc) is 2.16. The maximum absolute atomic E-state index is 12.4. The van der Waals surface area contributed by atoms with Crippen molar-refractivity contribution in [2.24, 2.45) is 0 Å². The molecular formula is C7H3F2IN2O3. The van der Waals surface area contributed by atoms with Crippen LogP contribution in [0.3, 0.4) is 0 Å². The molecule has 0 saturated heterocycles. The Morgan fingerprint density at radius 3 is 2.60 bits per heavy atom. The Labute approximate surface area is 95.8 Å². The van der Waals surface area contributed by atoms with Crippen molar-refractivity contribution >= 4 is 34.6 Å². The summed E-state index contributed by atoms with van der Waals surface area (Å²) < 4.78 is 24.9. The van der Waals surface area contributed by atoms with Gasteiger partial charge in [0.05, 0.1) is 4.92 Å². The van der Waals surface area contributed by atoms with Crippen LogP contribution < -0.4 is 0 Å². The maximum atomic E-state index is 12.4. The molecule has 5 nitrogen and oxygen atoms in total. The van der Waals surface area contributed by atoms with E-state index in [9.17, 15) is 23.7 Å². The SMILES string of the molecule is O=Cc1c(I)cnc(C(F)F)c1[N+](=O)[O-]. The van der Waals surface area contributed by atoms with Crippen molar-refractivity contribution < 1.29 is 18.5 Å². The lowest BCUT2D eigenvalue weighted by atomic mass is 10.2. The molecule has 0 fully saturated rings. The summed E-state index contributed by atoms with van der Waals surface area (Å²) in [5.41, 5.74) is -2.28. The number of pyridine rings is 1. The summed E-state index contributed by atoms with van der Waals surface area (Å²) in [6.07, 6.45) is -1.91. The summed E-state index contributed by atoms with van der Waals surface area (Å²) in [6, 6.07) is 0. The highest BCUT2D eigenvalue weighted by Crippen LogP contribution is 2.31. The summed E-state index contributed by atoms with van der Waals surface area (Å²) in [5, 5.41) is 10.5. The average molecular weight is 328 g/mol. The van der Waals surface area contributed by atoms with Crippen LogP contribution >= 0.6 is 22.6 Å². The number of hydrogen-bond donors (Lipinski definition) is 0. The number of alkyl halides is 2. The van der Waals surface area contributed by atoms with Crippen molar-refractivity contribution in [2.75, 3.05) is 0 Å². The number of nitrogens with zero attached hydrogens (tertiary/aromatic N) is 2. The lowest BCUT2D eigenvalue weighted by molar-refractivity contribution is -0.386. The summed E-state index contributed by atoms with van der Waals surface area (Å²) in [4.78, 5) is 23.3.